The van der Waals surface area contributed by atoms with Gasteiger partial charge in [-0.3, -0.25) is 5.32 Å². The molecule has 26 heavy (non-hydrogen) atoms. The number of rotatable bonds is 4. The van der Waals surface area contributed by atoms with Gasteiger partial charge in [-0.1, -0.05) is 23.7 Å². The highest BCUT2D eigenvalue weighted by molar-refractivity contribution is 7.89. The van der Waals surface area contributed by atoms with Crippen LogP contribution in [0.4, 0.5) is 15.6 Å². The number of nitrogens with one attached hydrogen (secondary N) is 2. The summed E-state index contributed by atoms with van der Waals surface area (Å²) in [5, 5.41) is 13.1. The molecule has 0 radical (unpaired) electrons. The highest BCUT2D eigenvalue weighted by atomic mass is 35.5. The van der Waals surface area contributed by atoms with Gasteiger partial charge in [-0.2, -0.15) is 0 Å². The van der Waals surface area contributed by atoms with Gasteiger partial charge in [0.1, 0.15) is 0 Å². The molecule has 0 atom stereocenters. The molecule has 0 unspecified atom stereocenters. The quantitative estimate of drug-likeness (QED) is 0.609. The van der Waals surface area contributed by atoms with Crippen molar-refractivity contribution in [2.75, 3.05) is 10.6 Å². The number of carbonyl (C=O) groups excluding carboxylic acids is 1. The second-order valence-electron chi connectivity index (χ2n) is 5.19. The Morgan fingerprint density at radius 3 is 2.31 bits per heavy atom. The normalized spacial score (nSPS) is 11.2. The summed E-state index contributed by atoms with van der Waals surface area (Å²) in [6, 6.07) is 12.2. The van der Waals surface area contributed by atoms with Gasteiger partial charge >= 0.3 is 6.03 Å². The second-order valence-corrected chi connectivity index (χ2v) is 8.05. The molecule has 3 aromatic rings. The highest BCUT2D eigenvalue weighted by Crippen LogP contribution is 2.26. The Morgan fingerprint density at radius 1 is 1.04 bits per heavy atom. The fraction of sp³-hybridized carbons (Fsp3) is 0. The van der Waals surface area contributed by atoms with Gasteiger partial charge in [0, 0.05) is 21.7 Å². The van der Waals surface area contributed by atoms with Crippen LogP contribution in [0.2, 0.25) is 5.02 Å². The largest absolute Gasteiger partial charge is 0.325 e. The van der Waals surface area contributed by atoms with Crippen molar-refractivity contribution in [2.45, 2.75) is 4.90 Å². The molecule has 4 N–H and O–H groups in total. The summed E-state index contributed by atoms with van der Waals surface area (Å²) in [4.78, 5) is 16.4. The van der Waals surface area contributed by atoms with Crippen LogP contribution >= 0.6 is 22.9 Å². The van der Waals surface area contributed by atoms with Crippen LogP contribution in [0, 0.1) is 0 Å². The number of carbonyl (C=O) groups is 1. The van der Waals surface area contributed by atoms with E-state index in [1.54, 1.807) is 12.1 Å². The van der Waals surface area contributed by atoms with E-state index in [1.165, 1.54) is 35.6 Å². The van der Waals surface area contributed by atoms with Crippen LogP contribution in [0.1, 0.15) is 0 Å². The predicted octanol–water partition coefficient (Wildman–Crippen LogP) is 3.75. The molecule has 0 aliphatic carbocycles. The molecule has 3 rings (SSSR count). The van der Waals surface area contributed by atoms with Gasteiger partial charge in [-0.25, -0.2) is 23.3 Å². The van der Waals surface area contributed by atoms with Gasteiger partial charge in [0.2, 0.25) is 10.0 Å². The third kappa shape index (κ3) is 4.58. The van der Waals surface area contributed by atoms with Crippen molar-refractivity contribution in [2.24, 2.45) is 5.14 Å². The SMILES string of the molecule is NS(=O)(=O)c1ccc(NC(=O)Nc2nc(-c3ccc(Cl)cc3)cs2)cc1. The van der Waals surface area contributed by atoms with Crippen LogP contribution in [0.15, 0.2) is 58.8 Å². The zero-order chi connectivity index (χ0) is 18.7. The molecule has 134 valence electrons. The van der Waals surface area contributed by atoms with E-state index in [-0.39, 0.29) is 4.90 Å². The first-order valence-electron chi connectivity index (χ1n) is 7.23. The van der Waals surface area contributed by atoms with Crippen LogP contribution in [0.5, 0.6) is 0 Å². The number of hydrogen-bond donors (Lipinski definition) is 3. The maximum atomic E-state index is 12.0. The van der Waals surface area contributed by atoms with Gasteiger partial charge in [-0.05, 0) is 36.4 Å². The number of hydrogen-bond acceptors (Lipinski definition) is 5. The summed E-state index contributed by atoms with van der Waals surface area (Å²) in [7, 11) is -3.77. The lowest BCUT2D eigenvalue weighted by molar-refractivity contribution is 0.262. The number of sulfonamides is 1. The highest BCUT2D eigenvalue weighted by Gasteiger charge is 2.10. The van der Waals surface area contributed by atoms with Crippen LogP contribution in [0.3, 0.4) is 0 Å². The maximum Gasteiger partial charge on any atom is 0.325 e. The van der Waals surface area contributed by atoms with Crippen molar-refractivity contribution in [3.63, 3.8) is 0 Å². The average Bonchev–Trinajstić information content (AvgIpc) is 3.03. The number of primary sulfonamides is 1. The van der Waals surface area contributed by atoms with Gasteiger partial charge in [0.05, 0.1) is 10.6 Å². The molecule has 0 fully saturated rings. The van der Waals surface area contributed by atoms with Crippen LogP contribution < -0.4 is 15.8 Å². The molecule has 2 aromatic carbocycles. The summed E-state index contributed by atoms with van der Waals surface area (Å²) in [6.07, 6.45) is 0. The first-order chi connectivity index (χ1) is 12.3. The molecule has 1 heterocycles. The number of nitrogens with zero attached hydrogens (tertiary/aromatic N) is 1. The monoisotopic (exact) mass is 408 g/mol. The third-order valence-corrected chi connectivity index (χ3v) is 5.24. The number of aromatic nitrogens is 1. The lowest BCUT2D eigenvalue weighted by Gasteiger charge is -2.06. The fourth-order valence-corrected chi connectivity index (χ4v) is 3.43. The van der Waals surface area contributed by atoms with E-state index in [0.29, 0.717) is 15.8 Å². The minimum atomic E-state index is -3.77. The Bertz CT molecular complexity index is 1030. The minimum Gasteiger partial charge on any atom is -0.308 e. The van der Waals surface area contributed by atoms with Crippen molar-refractivity contribution in [1.82, 2.24) is 4.98 Å². The third-order valence-electron chi connectivity index (χ3n) is 3.31. The Balaban J connectivity index is 1.64. The van der Waals surface area contributed by atoms with Crippen molar-refractivity contribution < 1.29 is 13.2 Å². The van der Waals surface area contributed by atoms with E-state index in [4.69, 9.17) is 16.7 Å². The number of thiazole rings is 1. The second kappa shape index (κ2) is 7.42. The molecule has 0 saturated carbocycles. The van der Waals surface area contributed by atoms with Crippen molar-refractivity contribution in [3.05, 3.63) is 58.9 Å². The Labute approximate surface area is 158 Å². The topological polar surface area (TPSA) is 114 Å². The lowest BCUT2D eigenvalue weighted by atomic mass is 10.2. The molecule has 0 bridgehead atoms. The Morgan fingerprint density at radius 2 is 1.69 bits per heavy atom. The summed E-state index contributed by atoms with van der Waals surface area (Å²) in [6.45, 7) is 0. The number of amides is 2. The minimum absolute atomic E-state index is 0.0315. The number of nitrogens with two attached hydrogens (primary N) is 1. The summed E-state index contributed by atoms with van der Waals surface area (Å²) < 4.78 is 22.4. The standard InChI is InChI=1S/C16H13ClN4O3S2/c17-11-3-1-10(2-4-11)14-9-25-16(20-14)21-15(22)19-12-5-7-13(8-6-12)26(18,23)24/h1-9H,(H2,18,23,24)(H2,19,20,21,22). The Hall–Kier alpha value is -2.46. The summed E-state index contributed by atoms with van der Waals surface area (Å²) in [5.41, 5.74) is 2.03. The van der Waals surface area contributed by atoms with E-state index in [2.05, 4.69) is 15.6 Å². The first kappa shape index (κ1) is 18.3. The van der Waals surface area contributed by atoms with E-state index in [1.807, 2.05) is 17.5 Å². The number of benzene rings is 2. The molecule has 0 saturated heterocycles. The first-order valence-corrected chi connectivity index (χ1v) is 10.0. The van der Waals surface area contributed by atoms with Crippen LogP contribution in [0.25, 0.3) is 11.3 Å². The maximum absolute atomic E-state index is 12.0. The van der Waals surface area contributed by atoms with Gasteiger partial charge in [-0.15, -0.1) is 11.3 Å². The van der Waals surface area contributed by atoms with Gasteiger partial charge in [0.15, 0.2) is 5.13 Å². The van der Waals surface area contributed by atoms with Crippen molar-refractivity contribution >= 4 is 49.8 Å². The van der Waals surface area contributed by atoms with Crippen molar-refractivity contribution in [1.29, 1.82) is 0 Å². The molecular formula is C16H13ClN4O3S2. The molecule has 1 aromatic heterocycles. The smallest absolute Gasteiger partial charge is 0.308 e. The van der Waals surface area contributed by atoms with E-state index in [0.717, 1.165) is 11.3 Å². The molecule has 0 spiro atoms. The molecular weight excluding hydrogens is 396 g/mol. The van der Waals surface area contributed by atoms with E-state index in [9.17, 15) is 13.2 Å². The molecule has 0 aliphatic heterocycles. The zero-order valence-electron chi connectivity index (χ0n) is 13.1. The predicted molar refractivity (Wildman–Crippen MR) is 103 cm³/mol. The number of halogens is 1. The van der Waals surface area contributed by atoms with E-state index < -0.39 is 16.1 Å². The summed E-state index contributed by atoms with van der Waals surface area (Å²) in [5.74, 6) is 0. The zero-order valence-corrected chi connectivity index (χ0v) is 15.5. The Kier molecular flexibility index (Phi) is 5.23. The molecule has 7 nitrogen and oxygen atoms in total. The van der Waals surface area contributed by atoms with Crippen LogP contribution in [-0.2, 0) is 10.0 Å². The van der Waals surface area contributed by atoms with Crippen molar-refractivity contribution in [3.8, 4) is 11.3 Å². The molecule has 10 heteroatoms. The van der Waals surface area contributed by atoms with Gasteiger partial charge in [0.25, 0.3) is 0 Å². The van der Waals surface area contributed by atoms with Crippen LogP contribution in [-0.4, -0.2) is 19.4 Å². The summed E-state index contributed by atoms with van der Waals surface area (Å²) >= 11 is 7.14. The van der Waals surface area contributed by atoms with E-state index >= 15 is 0 Å². The molecule has 0 aliphatic rings. The fourth-order valence-electron chi connectivity index (χ4n) is 2.07. The lowest BCUT2D eigenvalue weighted by Crippen LogP contribution is -2.19. The average molecular weight is 409 g/mol. The van der Waals surface area contributed by atoms with Gasteiger partial charge < -0.3 is 5.32 Å². The number of urea groups is 1. The number of anilines is 2. The molecule has 2 amide bonds.